The largest absolute Gasteiger partial charge is 0.476 e. The van der Waals surface area contributed by atoms with Crippen LogP contribution in [-0.2, 0) is 6.42 Å². The van der Waals surface area contributed by atoms with Crippen LogP contribution in [-0.4, -0.2) is 20.5 Å². The molecule has 0 saturated heterocycles. The maximum atomic E-state index is 11.2. The van der Waals surface area contributed by atoms with Crippen LogP contribution >= 0.6 is 11.3 Å². The van der Waals surface area contributed by atoms with Gasteiger partial charge < -0.3 is 10.8 Å². The number of anilines is 1. The smallest absolute Gasteiger partial charge is 0.356 e. The number of hydrogen-bond donors (Lipinski definition) is 2. The van der Waals surface area contributed by atoms with Crippen LogP contribution < -0.4 is 5.73 Å². The number of nitrogens with zero attached hydrogens (tertiary/aromatic N) is 2. The lowest BCUT2D eigenvalue weighted by atomic mass is 10.3. The minimum absolute atomic E-state index is 0.0406. The number of carboxylic acids is 1. The van der Waals surface area contributed by atoms with Crippen molar-refractivity contribution >= 4 is 28.6 Å². The molecule has 0 aliphatic heterocycles. The Morgan fingerprint density at radius 1 is 1.37 bits per heavy atom. The van der Waals surface area contributed by atoms with Crippen molar-refractivity contribution in [1.29, 1.82) is 0 Å². The van der Waals surface area contributed by atoms with E-state index in [1.165, 1.54) is 0 Å². The maximum Gasteiger partial charge on any atom is 0.356 e. The van der Waals surface area contributed by atoms with Gasteiger partial charge in [-0.2, -0.15) is 0 Å². The zero-order valence-corrected chi connectivity index (χ0v) is 10.7. The summed E-state index contributed by atoms with van der Waals surface area (Å²) < 4.78 is 1.70. The standard InChI is InChI=1S/C13H11N3O2S/c14-10-5-1-4-9-12(13(17)18)15-11(16(9)10)7-8-3-2-6-19-8/h1-6H,7,14H2,(H,17,18). The summed E-state index contributed by atoms with van der Waals surface area (Å²) >= 11 is 1.61. The van der Waals surface area contributed by atoms with Crippen LogP contribution in [0.2, 0.25) is 0 Å². The first-order valence-corrected chi connectivity index (χ1v) is 6.56. The van der Waals surface area contributed by atoms with Crippen molar-refractivity contribution in [2.75, 3.05) is 5.73 Å². The summed E-state index contributed by atoms with van der Waals surface area (Å²) in [7, 11) is 0. The van der Waals surface area contributed by atoms with E-state index in [0.29, 0.717) is 23.6 Å². The molecule has 0 aromatic carbocycles. The van der Waals surface area contributed by atoms with Crippen molar-refractivity contribution < 1.29 is 9.90 Å². The average molecular weight is 273 g/mol. The van der Waals surface area contributed by atoms with E-state index in [9.17, 15) is 9.90 Å². The zero-order chi connectivity index (χ0) is 13.4. The second kappa shape index (κ2) is 4.40. The van der Waals surface area contributed by atoms with Gasteiger partial charge >= 0.3 is 5.97 Å². The number of hydrogen-bond acceptors (Lipinski definition) is 4. The number of rotatable bonds is 3. The molecule has 0 aliphatic rings. The summed E-state index contributed by atoms with van der Waals surface area (Å²) in [6.45, 7) is 0. The first-order chi connectivity index (χ1) is 9.16. The molecule has 0 fully saturated rings. The molecule has 3 rings (SSSR count). The summed E-state index contributed by atoms with van der Waals surface area (Å²) in [6.07, 6.45) is 0.570. The fourth-order valence-corrected chi connectivity index (χ4v) is 2.78. The molecule has 0 radical (unpaired) electrons. The number of thiophene rings is 1. The molecular formula is C13H11N3O2S. The van der Waals surface area contributed by atoms with E-state index >= 15 is 0 Å². The van der Waals surface area contributed by atoms with Crippen molar-refractivity contribution in [3.63, 3.8) is 0 Å². The van der Waals surface area contributed by atoms with Crippen LogP contribution in [0, 0.1) is 0 Å². The lowest BCUT2D eigenvalue weighted by molar-refractivity contribution is 0.0693. The lowest BCUT2D eigenvalue weighted by Crippen LogP contribution is -2.01. The number of fused-ring (bicyclic) bond motifs is 1. The Balaban J connectivity index is 2.21. The average Bonchev–Trinajstić information content (AvgIpc) is 2.98. The van der Waals surface area contributed by atoms with Crippen molar-refractivity contribution in [3.05, 3.63) is 52.1 Å². The minimum atomic E-state index is -1.04. The molecule has 19 heavy (non-hydrogen) atoms. The molecule has 3 heterocycles. The fraction of sp³-hybridized carbons (Fsp3) is 0.0769. The van der Waals surface area contributed by atoms with Gasteiger partial charge in [0.1, 0.15) is 11.6 Å². The third kappa shape index (κ3) is 1.96. The van der Waals surface area contributed by atoms with Crippen molar-refractivity contribution in [1.82, 2.24) is 9.38 Å². The highest BCUT2D eigenvalue weighted by molar-refractivity contribution is 7.09. The van der Waals surface area contributed by atoms with E-state index in [-0.39, 0.29) is 5.69 Å². The van der Waals surface area contributed by atoms with Gasteiger partial charge in [0.2, 0.25) is 0 Å². The number of nitrogens with two attached hydrogens (primary N) is 1. The Kier molecular flexibility index (Phi) is 2.72. The van der Waals surface area contributed by atoms with Gasteiger partial charge in [-0.3, -0.25) is 4.40 Å². The Morgan fingerprint density at radius 2 is 2.21 bits per heavy atom. The number of aromatic carboxylic acids is 1. The van der Waals surface area contributed by atoms with Gasteiger partial charge in [0.05, 0.1) is 5.52 Å². The van der Waals surface area contributed by atoms with Crippen LogP contribution in [0.25, 0.3) is 5.52 Å². The Hall–Kier alpha value is -2.34. The van der Waals surface area contributed by atoms with Crippen molar-refractivity contribution in [2.24, 2.45) is 0 Å². The molecule has 0 unspecified atom stereocenters. The van der Waals surface area contributed by atoms with E-state index in [0.717, 1.165) is 4.88 Å². The molecule has 3 aromatic heterocycles. The number of pyridine rings is 1. The second-order valence-corrected chi connectivity index (χ2v) is 5.14. The highest BCUT2D eigenvalue weighted by Gasteiger charge is 2.18. The van der Waals surface area contributed by atoms with Gasteiger partial charge in [0.15, 0.2) is 5.69 Å². The molecule has 0 saturated carbocycles. The predicted octanol–water partition coefficient (Wildman–Crippen LogP) is 2.27. The number of aromatic nitrogens is 2. The van der Waals surface area contributed by atoms with Gasteiger partial charge in [0.25, 0.3) is 0 Å². The number of imidazole rings is 1. The topological polar surface area (TPSA) is 80.6 Å². The van der Waals surface area contributed by atoms with Crippen LogP contribution in [0.3, 0.4) is 0 Å². The van der Waals surface area contributed by atoms with E-state index in [4.69, 9.17) is 5.73 Å². The van der Waals surface area contributed by atoms with Crippen LogP contribution in [0.5, 0.6) is 0 Å². The lowest BCUT2D eigenvalue weighted by Gasteiger charge is -2.03. The normalized spacial score (nSPS) is 10.9. The summed E-state index contributed by atoms with van der Waals surface area (Å²) in [5, 5.41) is 11.2. The molecule has 0 amide bonds. The first kappa shape index (κ1) is 11.7. The molecule has 0 aliphatic carbocycles. The SMILES string of the molecule is Nc1cccc2c(C(=O)O)nc(Cc3cccs3)n12. The molecule has 5 nitrogen and oxygen atoms in total. The highest BCUT2D eigenvalue weighted by Crippen LogP contribution is 2.21. The van der Waals surface area contributed by atoms with Gasteiger partial charge in [-0.25, -0.2) is 9.78 Å². The van der Waals surface area contributed by atoms with Crippen LogP contribution in [0.4, 0.5) is 5.82 Å². The maximum absolute atomic E-state index is 11.2. The van der Waals surface area contributed by atoms with Crippen LogP contribution in [0.1, 0.15) is 21.2 Å². The molecule has 3 aromatic rings. The van der Waals surface area contributed by atoms with E-state index in [2.05, 4.69) is 4.98 Å². The quantitative estimate of drug-likeness (QED) is 0.767. The molecular weight excluding hydrogens is 262 g/mol. The minimum Gasteiger partial charge on any atom is -0.476 e. The molecule has 0 atom stereocenters. The Bertz CT molecular complexity index is 747. The molecule has 96 valence electrons. The van der Waals surface area contributed by atoms with Gasteiger partial charge in [-0.1, -0.05) is 12.1 Å². The number of carbonyl (C=O) groups is 1. The molecule has 0 bridgehead atoms. The third-order valence-corrected chi connectivity index (χ3v) is 3.75. The van der Waals surface area contributed by atoms with E-state index < -0.39 is 5.97 Å². The van der Waals surface area contributed by atoms with Gasteiger partial charge in [-0.05, 0) is 23.6 Å². The number of carboxylic acid groups (broad SMARTS) is 1. The predicted molar refractivity (Wildman–Crippen MR) is 73.7 cm³/mol. The van der Waals surface area contributed by atoms with E-state index in [1.807, 2.05) is 17.5 Å². The monoisotopic (exact) mass is 273 g/mol. The zero-order valence-electron chi connectivity index (χ0n) is 9.91. The molecule has 0 spiro atoms. The van der Waals surface area contributed by atoms with Gasteiger partial charge in [0, 0.05) is 11.3 Å². The summed E-state index contributed by atoms with van der Waals surface area (Å²) in [5.41, 5.74) is 6.50. The Morgan fingerprint density at radius 3 is 2.89 bits per heavy atom. The van der Waals surface area contributed by atoms with E-state index in [1.54, 1.807) is 33.9 Å². The fourth-order valence-electron chi connectivity index (χ4n) is 2.08. The van der Waals surface area contributed by atoms with Crippen molar-refractivity contribution in [3.8, 4) is 0 Å². The van der Waals surface area contributed by atoms with Crippen LogP contribution in [0.15, 0.2) is 35.7 Å². The second-order valence-electron chi connectivity index (χ2n) is 4.11. The number of nitrogen functional groups attached to an aromatic ring is 1. The summed E-state index contributed by atoms with van der Waals surface area (Å²) in [4.78, 5) is 16.6. The Labute approximate surface area is 112 Å². The third-order valence-electron chi connectivity index (χ3n) is 2.88. The highest BCUT2D eigenvalue weighted by atomic mass is 32.1. The first-order valence-electron chi connectivity index (χ1n) is 5.68. The summed E-state index contributed by atoms with van der Waals surface area (Å²) in [6, 6.07) is 9.12. The molecule has 3 N–H and O–H groups in total. The summed E-state index contributed by atoms with van der Waals surface area (Å²) in [5.74, 6) is 0.0949. The molecule has 6 heteroatoms. The van der Waals surface area contributed by atoms with Crippen molar-refractivity contribution in [2.45, 2.75) is 6.42 Å². The van der Waals surface area contributed by atoms with Gasteiger partial charge in [-0.15, -0.1) is 11.3 Å².